The van der Waals surface area contributed by atoms with Crippen molar-refractivity contribution in [3.05, 3.63) is 29.8 Å². The number of aromatic hydroxyl groups is 1. The molecule has 20 nitrogen and oxygen atoms in total. The lowest BCUT2D eigenvalue weighted by Crippen LogP contribution is -2.61. The minimum atomic E-state index is -1.72. The van der Waals surface area contributed by atoms with E-state index in [1.54, 1.807) is 13.8 Å². The zero-order valence-electron chi connectivity index (χ0n) is 30.5. The zero-order valence-corrected chi connectivity index (χ0v) is 30.5. The molecule has 0 bridgehead atoms. The number of primary amides is 1. The number of hydrogen-bond acceptors (Lipinski definition) is 13. The molecule has 0 aliphatic carbocycles. The normalized spacial score (nSPS) is 14.8. The van der Waals surface area contributed by atoms with Crippen LogP contribution in [0.2, 0.25) is 0 Å². The molecule has 0 heterocycles. The fraction of sp³-hybridized carbons (Fsp3) is 0.588. The first-order chi connectivity index (χ1) is 25.6. The Kier molecular flexibility index (Phi) is 21.6. The maximum atomic E-state index is 13.2. The van der Waals surface area contributed by atoms with Crippen LogP contribution in [0.4, 0.5) is 0 Å². The lowest BCUT2D eigenvalue weighted by Gasteiger charge is -2.27. The lowest BCUT2D eigenvalue weighted by molar-refractivity contribution is -0.136. The third-order valence-corrected chi connectivity index (χ3v) is 8.37. The highest BCUT2D eigenvalue weighted by atomic mass is 16.3. The summed E-state index contributed by atoms with van der Waals surface area (Å²) in [6, 6.07) is -2.14. The number of amides is 7. The molecule has 302 valence electrons. The Morgan fingerprint density at radius 2 is 1.33 bits per heavy atom. The van der Waals surface area contributed by atoms with Gasteiger partial charge in [-0.1, -0.05) is 38.8 Å². The van der Waals surface area contributed by atoms with E-state index in [0.29, 0.717) is 44.1 Å². The van der Waals surface area contributed by atoms with Crippen molar-refractivity contribution in [2.45, 2.75) is 95.0 Å². The van der Waals surface area contributed by atoms with E-state index in [2.05, 4.69) is 31.9 Å². The van der Waals surface area contributed by atoms with E-state index in [-0.39, 0.29) is 25.0 Å². The Bertz CT molecular complexity index is 1410. The van der Waals surface area contributed by atoms with Gasteiger partial charge in [-0.3, -0.25) is 33.6 Å². The SMILES string of the molecule is CC[C@H](C)[C@H](NC(=O)CNC(=O)[C@@H](N)CCCCN)C(=O)N[C@@H](CO)C(=O)N[C@@H](CO)C(=O)N[C@@H](CCC(N)=O)C(=O)N[C@H](C=O)Cc1ccc(O)cc1. The second-order valence-electron chi connectivity index (χ2n) is 12.7. The van der Waals surface area contributed by atoms with Crippen LogP contribution in [0.3, 0.4) is 0 Å². The van der Waals surface area contributed by atoms with Crippen LogP contribution in [0.1, 0.15) is 57.9 Å². The fourth-order valence-electron chi connectivity index (χ4n) is 4.92. The Hall–Kier alpha value is -5.18. The summed E-state index contributed by atoms with van der Waals surface area (Å²) in [7, 11) is 0. The number of hydrogen-bond donors (Lipinski definition) is 12. The minimum absolute atomic E-state index is 0.00726. The van der Waals surface area contributed by atoms with Crippen molar-refractivity contribution in [3.63, 3.8) is 0 Å². The molecule has 54 heavy (non-hydrogen) atoms. The number of unbranched alkanes of at least 4 members (excludes halogenated alkanes) is 1. The molecular weight excluding hydrogens is 710 g/mol. The summed E-state index contributed by atoms with van der Waals surface area (Å²) in [5.41, 5.74) is 17.1. The smallest absolute Gasteiger partial charge is 0.245 e. The molecule has 20 heteroatoms. The molecule has 0 saturated heterocycles. The van der Waals surface area contributed by atoms with Crippen LogP contribution >= 0.6 is 0 Å². The van der Waals surface area contributed by atoms with E-state index in [0.717, 1.165) is 0 Å². The van der Waals surface area contributed by atoms with Gasteiger partial charge >= 0.3 is 0 Å². The van der Waals surface area contributed by atoms with Gasteiger partial charge in [-0.05, 0) is 55.8 Å². The predicted octanol–water partition coefficient (Wildman–Crippen LogP) is -4.57. The number of rotatable bonds is 26. The number of benzene rings is 1. The van der Waals surface area contributed by atoms with Gasteiger partial charge < -0.3 is 69.2 Å². The van der Waals surface area contributed by atoms with Gasteiger partial charge in [0.15, 0.2) is 0 Å². The third-order valence-electron chi connectivity index (χ3n) is 8.37. The van der Waals surface area contributed by atoms with Crippen molar-refractivity contribution in [1.29, 1.82) is 0 Å². The van der Waals surface area contributed by atoms with E-state index >= 15 is 0 Å². The maximum absolute atomic E-state index is 13.2. The molecule has 0 unspecified atom stereocenters. The molecular formula is C34H55N9O11. The standard InChI is InChI=1S/C34H55N9O11/c1-3-19(2)29(43-28(49)15-38-30(50)23(36)6-4-5-13-35)34(54)42-26(18-46)33(53)41-25(17-45)32(52)40-24(11-12-27(37)48)31(51)39-21(16-44)14-20-7-9-22(47)10-8-20/h7-10,16,19,21,23-26,29,45-47H,3-6,11-15,17-18,35-36H2,1-2H3,(H2,37,48)(H,38,50)(H,39,51)(H,40,52)(H,41,53)(H,42,54)(H,43,49)/t19-,21-,23-,24-,25-,26-,29-/m0/s1. The Labute approximate surface area is 313 Å². The number of phenols is 1. The van der Waals surface area contributed by atoms with Gasteiger partial charge in [-0.25, -0.2) is 0 Å². The third kappa shape index (κ3) is 17.1. The summed E-state index contributed by atoms with van der Waals surface area (Å²) in [5, 5.41) is 43.5. The molecule has 1 rings (SSSR count). The number of carbonyl (C=O) groups is 8. The number of aldehydes is 1. The highest BCUT2D eigenvalue weighted by Crippen LogP contribution is 2.12. The van der Waals surface area contributed by atoms with Crippen LogP contribution < -0.4 is 49.1 Å². The zero-order chi connectivity index (χ0) is 40.8. The summed E-state index contributed by atoms with van der Waals surface area (Å²) < 4.78 is 0. The molecule has 1 aromatic rings. The van der Waals surface area contributed by atoms with Gasteiger partial charge in [0.2, 0.25) is 41.4 Å². The van der Waals surface area contributed by atoms with Crippen molar-refractivity contribution in [2.24, 2.45) is 23.1 Å². The van der Waals surface area contributed by atoms with Crippen molar-refractivity contribution in [1.82, 2.24) is 31.9 Å². The second-order valence-corrected chi connectivity index (χ2v) is 12.7. The Balaban J connectivity index is 2.95. The van der Waals surface area contributed by atoms with E-state index < -0.39 is 103 Å². The van der Waals surface area contributed by atoms with Crippen molar-refractivity contribution in [2.75, 3.05) is 26.3 Å². The summed E-state index contributed by atoms with van der Waals surface area (Å²) >= 11 is 0. The summed E-state index contributed by atoms with van der Waals surface area (Å²) in [6.45, 7) is 1.38. The number of nitrogens with two attached hydrogens (primary N) is 3. The summed E-state index contributed by atoms with van der Waals surface area (Å²) in [5.74, 6) is -6.55. The molecule has 0 aliphatic heterocycles. The first kappa shape index (κ1) is 46.8. The van der Waals surface area contributed by atoms with Crippen LogP contribution in [0.5, 0.6) is 5.75 Å². The Morgan fingerprint density at radius 3 is 1.85 bits per heavy atom. The number of carbonyl (C=O) groups excluding carboxylic acids is 8. The topological polar surface area (TPSA) is 347 Å². The van der Waals surface area contributed by atoms with Gasteiger partial charge in [-0.15, -0.1) is 0 Å². The highest BCUT2D eigenvalue weighted by Gasteiger charge is 2.33. The number of phenolic OH excluding ortho intramolecular Hbond substituents is 1. The fourth-order valence-corrected chi connectivity index (χ4v) is 4.92. The van der Waals surface area contributed by atoms with E-state index in [1.165, 1.54) is 24.3 Å². The first-order valence-electron chi connectivity index (χ1n) is 17.6. The molecule has 7 amide bonds. The highest BCUT2D eigenvalue weighted by molar-refractivity contribution is 5.96. The van der Waals surface area contributed by atoms with Gasteiger partial charge in [0, 0.05) is 6.42 Å². The van der Waals surface area contributed by atoms with Crippen molar-refractivity contribution in [3.8, 4) is 5.75 Å². The van der Waals surface area contributed by atoms with Gasteiger partial charge in [0.25, 0.3) is 0 Å². The predicted molar refractivity (Wildman–Crippen MR) is 193 cm³/mol. The maximum Gasteiger partial charge on any atom is 0.245 e. The van der Waals surface area contributed by atoms with E-state index in [1.807, 2.05) is 0 Å². The molecule has 1 aromatic carbocycles. The number of nitrogens with one attached hydrogen (secondary N) is 6. The minimum Gasteiger partial charge on any atom is -0.508 e. The second kappa shape index (κ2) is 24.9. The number of aliphatic hydroxyl groups excluding tert-OH is 2. The van der Waals surface area contributed by atoms with E-state index in [4.69, 9.17) is 17.2 Å². The van der Waals surface area contributed by atoms with Crippen LogP contribution in [-0.4, -0.2) is 126 Å². The van der Waals surface area contributed by atoms with Crippen LogP contribution in [0.25, 0.3) is 0 Å². The van der Waals surface area contributed by atoms with Crippen LogP contribution in [-0.2, 0) is 44.8 Å². The Morgan fingerprint density at radius 1 is 0.778 bits per heavy atom. The van der Waals surface area contributed by atoms with Crippen LogP contribution in [0, 0.1) is 5.92 Å². The average molecular weight is 766 g/mol. The van der Waals surface area contributed by atoms with Gasteiger partial charge in [0.1, 0.15) is 36.2 Å². The molecule has 0 aliphatic rings. The first-order valence-corrected chi connectivity index (χ1v) is 17.6. The molecule has 0 radical (unpaired) electrons. The molecule has 15 N–H and O–H groups in total. The van der Waals surface area contributed by atoms with Crippen LogP contribution in [0.15, 0.2) is 24.3 Å². The summed E-state index contributed by atoms with van der Waals surface area (Å²) in [4.78, 5) is 101. The van der Waals surface area contributed by atoms with Crippen molar-refractivity contribution < 1.29 is 53.7 Å². The van der Waals surface area contributed by atoms with Gasteiger partial charge in [0.05, 0.1) is 31.8 Å². The van der Waals surface area contributed by atoms with Crippen molar-refractivity contribution >= 4 is 47.6 Å². The lowest BCUT2D eigenvalue weighted by atomic mass is 9.98. The van der Waals surface area contributed by atoms with E-state index in [9.17, 15) is 53.7 Å². The molecule has 0 spiro atoms. The molecule has 7 atom stereocenters. The molecule has 0 aromatic heterocycles. The quantitative estimate of drug-likeness (QED) is 0.0313. The molecule has 0 fully saturated rings. The van der Waals surface area contributed by atoms with Gasteiger partial charge in [-0.2, -0.15) is 0 Å². The largest absolute Gasteiger partial charge is 0.508 e. The average Bonchev–Trinajstić information content (AvgIpc) is 3.15. The number of aliphatic hydroxyl groups is 2. The molecule has 0 saturated carbocycles. The monoisotopic (exact) mass is 765 g/mol. The summed E-state index contributed by atoms with van der Waals surface area (Å²) in [6.07, 6.45) is 1.87.